The second kappa shape index (κ2) is 4.28. The summed E-state index contributed by atoms with van der Waals surface area (Å²) in [6.07, 6.45) is 1.09. The number of benzene rings is 1. The van der Waals surface area contributed by atoms with Crippen molar-refractivity contribution in [2.45, 2.75) is 23.1 Å². The standard InChI is InChI=1S/C13H18N2OS/c14-7-12-13(16,17-12)9-15-6-5-10-3-1-2-4-11(10)8-15/h1-4,12,16H,5-9,14H2/t12?,13-/m1/s1. The number of rotatable bonds is 3. The van der Waals surface area contributed by atoms with E-state index in [0.717, 1.165) is 26.1 Å². The van der Waals surface area contributed by atoms with Gasteiger partial charge in [0.15, 0.2) is 0 Å². The number of hydrogen-bond acceptors (Lipinski definition) is 4. The molecule has 0 radical (unpaired) electrons. The van der Waals surface area contributed by atoms with Crippen molar-refractivity contribution >= 4 is 11.8 Å². The van der Waals surface area contributed by atoms with Gasteiger partial charge in [-0.05, 0) is 17.5 Å². The zero-order valence-corrected chi connectivity index (χ0v) is 10.6. The maximum Gasteiger partial charge on any atom is 0.136 e. The van der Waals surface area contributed by atoms with Crippen molar-refractivity contribution in [2.24, 2.45) is 5.73 Å². The van der Waals surface area contributed by atoms with Crippen LogP contribution in [0.5, 0.6) is 0 Å². The minimum absolute atomic E-state index is 0.236. The Morgan fingerprint density at radius 2 is 2.18 bits per heavy atom. The molecule has 1 saturated heterocycles. The third kappa shape index (κ3) is 2.22. The third-order valence-electron chi connectivity index (χ3n) is 3.67. The third-order valence-corrected chi connectivity index (χ3v) is 5.10. The first kappa shape index (κ1) is 11.5. The van der Waals surface area contributed by atoms with Gasteiger partial charge in [0.2, 0.25) is 0 Å². The summed E-state index contributed by atoms with van der Waals surface area (Å²) in [5.41, 5.74) is 8.45. The molecule has 0 aliphatic carbocycles. The summed E-state index contributed by atoms with van der Waals surface area (Å²) in [6, 6.07) is 8.58. The molecule has 2 aliphatic rings. The number of β-amino-alcohol motifs (C(OH)–C–C–N with tert-alkyl or cyclic N) is 1. The summed E-state index contributed by atoms with van der Waals surface area (Å²) < 4.78 is 0. The van der Waals surface area contributed by atoms with Gasteiger partial charge >= 0.3 is 0 Å². The van der Waals surface area contributed by atoms with E-state index in [9.17, 15) is 5.11 Å². The summed E-state index contributed by atoms with van der Waals surface area (Å²) in [5, 5.41) is 10.5. The Balaban J connectivity index is 1.65. The summed E-state index contributed by atoms with van der Waals surface area (Å²) in [7, 11) is 0. The van der Waals surface area contributed by atoms with E-state index in [-0.39, 0.29) is 5.25 Å². The smallest absolute Gasteiger partial charge is 0.136 e. The first-order valence-electron chi connectivity index (χ1n) is 6.11. The van der Waals surface area contributed by atoms with Crippen molar-refractivity contribution in [1.29, 1.82) is 0 Å². The van der Waals surface area contributed by atoms with Crippen LogP contribution in [0.1, 0.15) is 11.1 Å². The topological polar surface area (TPSA) is 49.5 Å². The molecule has 2 aliphatic heterocycles. The minimum Gasteiger partial charge on any atom is -0.377 e. The Morgan fingerprint density at radius 3 is 2.88 bits per heavy atom. The molecule has 92 valence electrons. The molecule has 3 N–H and O–H groups in total. The molecule has 0 amide bonds. The van der Waals surface area contributed by atoms with Crippen molar-refractivity contribution in [2.75, 3.05) is 19.6 Å². The van der Waals surface area contributed by atoms with Gasteiger partial charge in [0.05, 0.1) is 5.25 Å². The van der Waals surface area contributed by atoms with E-state index in [0.29, 0.717) is 6.54 Å². The lowest BCUT2D eigenvalue weighted by Gasteiger charge is -2.30. The first-order valence-corrected chi connectivity index (χ1v) is 6.98. The van der Waals surface area contributed by atoms with Gasteiger partial charge in [-0.3, -0.25) is 4.90 Å². The number of nitrogens with zero attached hydrogens (tertiary/aromatic N) is 1. The van der Waals surface area contributed by atoms with Gasteiger partial charge in [-0.1, -0.05) is 24.3 Å². The lowest BCUT2D eigenvalue weighted by molar-refractivity contribution is 0.103. The molecule has 0 bridgehead atoms. The van der Waals surface area contributed by atoms with E-state index in [1.165, 1.54) is 11.1 Å². The molecule has 1 aromatic carbocycles. The maximum absolute atomic E-state index is 10.2. The Bertz CT molecular complexity index is 426. The van der Waals surface area contributed by atoms with E-state index in [2.05, 4.69) is 29.2 Å². The molecule has 0 aromatic heterocycles. The van der Waals surface area contributed by atoms with Gasteiger partial charge in [0.25, 0.3) is 0 Å². The summed E-state index contributed by atoms with van der Waals surface area (Å²) in [4.78, 5) is 1.76. The zero-order chi connectivity index (χ0) is 11.9. The molecule has 2 atom stereocenters. The van der Waals surface area contributed by atoms with Crippen LogP contribution in [-0.2, 0) is 13.0 Å². The van der Waals surface area contributed by atoms with Gasteiger partial charge in [-0.15, -0.1) is 11.8 Å². The highest BCUT2D eigenvalue weighted by atomic mass is 32.2. The Morgan fingerprint density at radius 1 is 1.41 bits per heavy atom. The molecule has 1 fully saturated rings. The van der Waals surface area contributed by atoms with Gasteiger partial charge in [0, 0.05) is 26.2 Å². The van der Waals surface area contributed by atoms with Gasteiger partial charge < -0.3 is 10.8 Å². The largest absolute Gasteiger partial charge is 0.377 e. The molecule has 0 saturated carbocycles. The van der Waals surface area contributed by atoms with Crippen molar-refractivity contribution < 1.29 is 5.11 Å². The van der Waals surface area contributed by atoms with Crippen LogP contribution in [-0.4, -0.2) is 39.8 Å². The monoisotopic (exact) mass is 250 g/mol. The Labute approximate surface area is 106 Å². The average molecular weight is 250 g/mol. The summed E-state index contributed by atoms with van der Waals surface area (Å²) in [5.74, 6) is 0. The molecular weight excluding hydrogens is 232 g/mol. The Kier molecular flexibility index (Phi) is 2.91. The lowest BCUT2D eigenvalue weighted by Crippen LogP contribution is -2.39. The van der Waals surface area contributed by atoms with Crippen molar-refractivity contribution in [1.82, 2.24) is 4.90 Å². The number of thioether (sulfide) groups is 1. The number of fused-ring (bicyclic) bond motifs is 1. The highest BCUT2D eigenvalue weighted by Gasteiger charge is 2.54. The predicted octanol–water partition coefficient (Wildman–Crippen LogP) is 0.807. The van der Waals surface area contributed by atoms with Crippen LogP contribution in [0.2, 0.25) is 0 Å². The van der Waals surface area contributed by atoms with Crippen LogP contribution < -0.4 is 5.73 Å². The minimum atomic E-state index is -0.582. The molecule has 1 unspecified atom stereocenters. The molecular formula is C13H18N2OS. The fourth-order valence-corrected chi connectivity index (χ4v) is 3.54. The number of hydrogen-bond donors (Lipinski definition) is 2. The van der Waals surface area contributed by atoms with Crippen LogP contribution in [0.4, 0.5) is 0 Å². The van der Waals surface area contributed by atoms with Crippen LogP contribution >= 0.6 is 11.8 Å². The first-order chi connectivity index (χ1) is 8.21. The van der Waals surface area contributed by atoms with Gasteiger partial charge in [0.1, 0.15) is 4.93 Å². The van der Waals surface area contributed by atoms with Gasteiger partial charge in [-0.2, -0.15) is 0 Å². The second-order valence-corrected chi connectivity index (χ2v) is 6.43. The normalized spacial score (nSPS) is 32.2. The summed E-state index contributed by atoms with van der Waals surface area (Å²) in [6.45, 7) is 3.31. The zero-order valence-electron chi connectivity index (χ0n) is 9.80. The van der Waals surface area contributed by atoms with Crippen LogP contribution in [0.3, 0.4) is 0 Å². The number of nitrogens with two attached hydrogens (primary N) is 1. The van der Waals surface area contributed by atoms with Crippen LogP contribution in [0.25, 0.3) is 0 Å². The SMILES string of the molecule is NCC1S[C@]1(O)CN1CCc2ccccc2C1. The van der Waals surface area contributed by atoms with E-state index in [1.807, 2.05) is 0 Å². The fraction of sp³-hybridized carbons (Fsp3) is 0.538. The molecule has 17 heavy (non-hydrogen) atoms. The predicted molar refractivity (Wildman–Crippen MR) is 70.8 cm³/mol. The van der Waals surface area contributed by atoms with E-state index >= 15 is 0 Å². The Hall–Kier alpha value is -0.550. The van der Waals surface area contributed by atoms with Crippen molar-refractivity contribution in [3.05, 3.63) is 35.4 Å². The van der Waals surface area contributed by atoms with E-state index in [1.54, 1.807) is 11.8 Å². The molecule has 4 heteroatoms. The van der Waals surface area contributed by atoms with Gasteiger partial charge in [-0.25, -0.2) is 0 Å². The molecule has 2 heterocycles. The highest BCUT2D eigenvalue weighted by molar-refractivity contribution is 8.08. The average Bonchev–Trinajstić information content (AvgIpc) is 3.00. The number of aliphatic hydroxyl groups is 1. The summed E-state index contributed by atoms with van der Waals surface area (Å²) >= 11 is 1.60. The molecule has 3 nitrogen and oxygen atoms in total. The van der Waals surface area contributed by atoms with Crippen LogP contribution in [0.15, 0.2) is 24.3 Å². The maximum atomic E-state index is 10.2. The molecule has 0 spiro atoms. The quantitative estimate of drug-likeness (QED) is 0.779. The fourth-order valence-electron chi connectivity index (χ4n) is 2.59. The van der Waals surface area contributed by atoms with E-state index in [4.69, 9.17) is 5.73 Å². The molecule has 1 aromatic rings. The van der Waals surface area contributed by atoms with Crippen molar-refractivity contribution in [3.8, 4) is 0 Å². The lowest BCUT2D eigenvalue weighted by atomic mass is 9.99. The van der Waals surface area contributed by atoms with E-state index < -0.39 is 4.93 Å². The highest BCUT2D eigenvalue weighted by Crippen LogP contribution is 2.51. The molecule has 3 rings (SSSR count). The van der Waals surface area contributed by atoms with Crippen LogP contribution in [0, 0.1) is 0 Å². The second-order valence-electron chi connectivity index (χ2n) is 4.92. The van der Waals surface area contributed by atoms with Crippen molar-refractivity contribution in [3.63, 3.8) is 0 Å².